The molecule has 0 radical (unpaired) electrons. The van der Waals surface area contributed by atoms with Crippen molar-refractivity contribution in [1.82, 2.24) is 4.98 Å². The van der Waals surface area contributed by atoms with Crippen molar-refractivity contribution in [1.29, 1.82) is 0 Å². The van der Waals surface area contributed by atoms with Crippen LogP contribution in [0.25, 0.3) is 20.3 Å². The number of carbonyl (C=O) groups is 2. The summed E-state index contributed by atoms with van der Waals surface area (Å²) in [5.41, 5.74) is 2.17. The van der Waals surface area contributed by atoms with Crippen molar-refractivity contribution in [2.75, 3.05) is 17.2 Å². The molecule has 2 N–H and O–H groups in total. The van der Waals surface area contributed by atoms with Crippen LogP contribution in [-0.2, 0) is 4.79 Å². The molecular formula is C23H17N3O4S2. The van der Waals surface area contributed by atoms with Crippen molar-refractivity contribution in [3.63, 3.8) is 0 Å². The van der Waals surface area contributed by atoms with E-state index in [1.54, 1.807) is 59.1 Å². The quantitative estimate of drug-likeness (QED) is 0.338. The summed E-state index contributed by atoms with van der Waals surface area (Å²) in [4.78, 5) is 29.0. The van der Waals surface area contributed by atoms with Gasteiger partial charge < -0.3 is 19.8 Å². The fourth-order valence-corrected chi connectivity index (χ4v) is 5.12. The number of thiazole rings is 1. The molecule has 5 rings (SSSR count). The smallest absolute Gasteiger partial charge is 0.291 e. The highest BCUT2D eigenvalue weighted by molar-refractivity contribution is 7.21. The van der Waals surface area contributed by atoms with E-state index in [1.165, 1.54) is 6.26 Å². The van der Waals surface area contributed by atoms with Crippen LogP contribution in [0.4, 0.5) is 11.4 Å². The molecule has 0 saturated carbocycles. The van der Waals surface area contributed by atoms with E-state index in [1.807, 2.05) is 24.4 Å². The van der Waals surface area contributed by atoms with Crippen molar-refractivity contribution in [2.24, 2.45) is 0 Å². The first-order valence-electron chi connectivity index (χ1n) is 9.72. The fourth-order valence-electron chi connectivity index (χ4n) is 3.28. The van der Waals surface area contributed by atoms with Gasteiger partial charge in [0, 0.05) is 22.8 Å². The summed E-state index contributed by atoms with van der Waals surface area (Å²) < 4.78 is 13.0. The number of amides is 2. The maximum atomic E-state index is 12.4. The van der Waals surface area contributed by atoms with Gasteiger partial charge in [-0.2, -0.15) is 0 Å². The van der Waals surface area contributed by atoms with Crippen LogP contribution >= 0.6 is 22.7 Å². The molecule has 9 heteroatoms. The second-order valence-electron chi connectivity index (χ2n) is 6.96. The highest BCUT2D eigenvalue weighted by Crippen LogP contribution is 2.38. The minimum atomic E-state index is -0.340. The van der Waals surface area contributed by atoms with Gasteiger partial charge in [0.05, 0.1) is 26.2 Å². The molecule has 0 aliphatic rings. The highest BCUT2D eigenvalue weighted by Gasteiger charge is 2.14. The van der Waals surface area contributed by atoms with E-state index in [-0.39, 0.29) is 24.2 Å². The van der Waals surface area contributed by atoms with Crippen LogP contribution < -0.4 is 15.4 Å². The Kier molecular flexibility index (Phi) is 5.34. The van der Waals surface area contributed by atoms with E-state index >= 15 is 0 Å². The Bertz CT molecular complexity index is 1420. The number of fused-ring (bicyclic) bond motifs is 3. The Morgan fingerprint density at radius 1 is 1.09 bits per heavy atom. The topological polar surface area (TPSA) is 93.5 Å². The van der Waals surface area contributed by atoms with Gasteiger partial charge in [0.25, 0.3) is 11.8 Å². The van der Waals surface area contributed by atoms with Crippen LogP contribution in [0.3, 0.4) is 0 Å². The summed E-state index contributed by atoms with van der Waals surface area (Å²) in [7, 11) is 0. The first kappa shape index (κ1) is 20.2. The third kappa shape index (κ3) is 4.08. The van der Waals surface area contributed by atoms with Crippen LogP contribution in [0.15, 0.2) is 64.6 Å². The minimum Gasteiger partial charge on any atom is -0.483 e. The second kappa shape index (κ2) is 8.45. The molecule has 5 aromatic rings. The van der Waals surface area contributed by atoms with Crippen molar-refractivity contribution in [3.8, 4) is 5.75 Å². The molecule has 0 aliphatic heterocycles. The molecule has 0 fully saturated rings. The average molecular weight is 464 g/mol. The van der Waals surface area contributed by atoms with E-state index in [2.05, 4.69) is 15.6 Å². The number of furan rings is 1. The molecule has 7 nitrogen and oxygen atoms in total. The van der Waals surface area contributed by atoms with E-state index in [9.17, 15) is 9.59 Å². The summed E-state index contributed by atoms with van der Waals surface area (Å²) in [5, 5.41) is 9.48. The number of thiophene rings is 1. The fraction of sp³-hybridized carbons (Fsp3) is 0.0870. The number of hydrogen-bond acceptors (Lipinski definition) is 7. The zero-order valence-electron chi connectivity index (χ0n) is 16.9. The third-order valence-corrected chi connectivity index (χ3v) is 6.54. The normalized spacial score (nSPS) is 11.0. The predicted molar refractivity (Wildman–Crippen MR) is 127 cm³/mol. The highest BCUT2D eigenvalue weighted by atomic mass is 32.1. The lowest BCUT2D eigenvalue weighted by Crippen LogP contribution is -2.20. The van der Waals surface area contributed by atoms with Gasteiger partial charge in [0.15, 0.2) is 12.4 Å². The molecule has 0 spiro atoms. The number of carbonyl (C=O) groups excluding carboxylic acids is 2. The number of aromatic nitrogens is 1. The summed E-state index contributed by atoms with van der Waals surface area (Å²) in [5.74, 6) is 0.281. The standard InChI is InChI=1S/C23H17N3O4S2/c1-13-24-21-19(32-13)11-18(16-8-10-31-22(16)21)30-12-20(27)25-14-4-6-15(7-5-14)26-23(28)17-3-2-9-29-17/h2-11H,12H2,1H3,(H,25,27)(H,26,28). The van der Waals surface area contributed by atoms with Gasteiger partial charge in [-0.25, -0.2) is 4.98 Å². The molecular weight excluding hydrogens is 446 g/mol. The largest absolute Gasteiger partial charge is 0.483 e. The predicted octanol–water partition coefficient (Wildman–Crippen LogP) is 5.68. The van der Waals surface area contributed by atoms with Crippen LogP contribution in [-0.4, -0.2) is 23.4 Å². The van der Waals surface area contributed by atoms with Crippen molar-refractivity contribution >= 4 is 66.2 Å². The molecule has 160 valence electrons. The SMILES string of the molecule is Cc1nc2c(cc(OCC(=O)Nc3ccc(NC(=O)c4ccco4)cc3)c3ccsc32)s1. The van der Waals surface area contributed by atoms with Gasteiger partial charge in [-0.05, 0) is 54.8 Å². The molecule has 0 atom stereocenters. The summed E-state index contributed by atoms with van der Waals surface area (Å²) in [6.07, 6.45) is 1.44. The monoisotopic (exact) mass is 463 g/mol. The Morgan fingerprint density at radius 3 is 2.62 bits per heavy atom. The van der Waals surface area contributed by atoms with Crippen LogP contribution in [0, 0.1) is 6.92 Å². The van der Waals surface area contributed by atoms with Crippen LogP contribution in [0.2, 0.25) is 0 Å². The molecule has 3 aromatic heterocycles. The number of anilines is 2. The van der Waals surface area contributed by atoms with Gasteiger partial charge >= 0.3 is 0 Å². The zero-order valence-corrected chi connectivity index (χ0v) is 18.5. The lowest BCUT2D eigenvalue weighted by Gasteiger charge is -2.10. The number of rotatable bonds is 6. The van der Waals surface area contributed by atoms with Gasteiger partial charge in [0.2, 0.25) is 0 Å². The first-order valence-corrected chi connectivity index (χ1v) is 11.4. The van der Waals surface area contributed by atoms with Gasteiger partial charge in [-0.1, -0.05) is 0 Å². The molecule has 2 aromatic carbocycles. The van der Waals surface area contributed by atoms with Gasteiger partial charge in [-0.15, -0.1) is 22.7 Å². The zero-order chi connectivity index (χ0) is 22.1. The average Bonchev–Trinajstić information content (AvgIpc) is 3.53. The van der Waals surface area contributed by atoms with E-state index in [4.69, 9.17) is 9.15 Å². The third-order valence-electron chi connectivity index (χ3n) is 4.70. The Hall–Kier alpha value is -3.69. The Balaban J connectivity index is 1.22. The number of benzene rings is 2. The van der Waals surface area contributed by atoms with Crippen LogP contribution in [0.1, 0.15) is 15.6 Å². The number of nitrogens with zero attached hydrogens (tertiary/aromatic N) is 1. The molecule has 0 unspecified atom stereocenters. The lowest BCUT2D eigenvalue weighted by atomic mass is 10.2. The summed E-state index contributed by atoms with van der Waals surface area (Å²) >= 11 is 3.22. The van der Waals surface area contributed by atoms with Gasteiger partial charge in [-0.3, -0.25) is 9.59 Å². The molecule has 0 saturated heterocycles. The van der Waals surface area contributed by atoms with Crippen LogP contribution in [0.5, 0.6) is 5.75 Å². The Labute approximate surface area is 190 Å². The minimum absolute atomic E-state index is 0.120. The van der Waals surface area contributed by atoms with Gasteiger partial charge in [0.1, 0.15) is 5.75 Å². The lowest BCUT2D eigenvalue weighted by molar-refractivity contribution is -0.118. The molecule has 0 bridgehead atoms. The second-order valence-corrected chi connectivity index (χ2v) is 9.11. The maximum absolute atomic E-state index is 12.4. The number of hydrogen-bond donors (Lipinski definition) is 2. The number of aryl methyl sites for hydroxylation is 1. The van der Waals surface area contributed by atoms with E-state index < -0.39 is 0 Å². The summed E-state index contributed by atoms with van der Waals surface area (Å²) in [6.45, 7) is 1.86. The number of ether oxygens (including phenoxy) is 1. The number of nitrogens with one attached hydrogen (secondary N) is 2. The van der Waals surface area contributed by atoms with E-state index in [0.29, 0.717) is 17.1 Å². The molecule has 2 amide bonds. The molecule has 0 aliphatic carbocycles. The van der Waals surface area contributed by atoms with E-state index in [0.717, 1.165) is 25.3 Å². The Morgan fingerprint density at radius 2 is 1.88 bits per heavy atom. The van der Waals surface area contributed by atoms with Crippen molar-refractivity contribution in [2.45, 2.75) is 6.92 Å². The summed E-state index contributed by atoms with van der Waals surface area (Å²) in [6, 6.07) is 14.0. The van der Waals surface area contributed by atoms with Crippen molar-refractivity contribution in [3.05, 3.63) is 70.9 Å². The first-order chi connectivity index (χ1) is 15.6. The maximum Gasteiger partial charge on any atom is 0.291 e. The molecule has 32 heavy (non-hydrogen) atoms. The van der Waals surface area contributed by atoms with Crippen molar-refractivity contribution < 1.29 is 18.7 Å². The molecule has 3 heterocycles.